The summed E-state index contributed by atoms with van der Waals surface area (Å²) < 4.78 is 0. The van der Waals surface area contributed by atoms with Gasteiger partial charge in [0.1, 0.15) is 0 Å². The summed E-state index contributed by atoms with van der Waals surface area (Å²) in [5, 5.41) is 3.66. The fourth-order valence-electron chi connectivity index (χ4n) is 4.04. The van der Waals surface area contributed by atoms with Gasteiger partial charge in [-0.2, -0.15) is 0 Å². The largest absolute Gasteiger partial charge is 0.312 e. The Labute approximate surface area is 101 Å². The summed E-state index contributed by atoms with van der Waals surface area (Å²) in [6.07, 6.45) is 7.64. The van der Waals surface area contributed by atoms with E-state index in [2.05, 4.69) is 33.0 Å². The van der Waals surface area contributed by atoms with Crippen molar-refractivity contribution in [3.63, 3.8) is 0 Å². The van der Waals surface area contributed by atoms with E-state index in [0.29, 0.717) is 12.1 Å². The number of rotatable bonds is 5. The second-order valence-corrected chi connectivity index (χ2v) is 6.76. The monoisotopic (exact) mass is 223 g/mol. The molecule has 5 unspecified atom stereocenters. The normalized spacial score (nSPS) is 36.9. The van der Waals surface area contributed by atoms with Crippen LogP contribution in [0.1, 0.15) is 59.8 Å². The predicted octanol–water partition coefficient (Wildman–Crippen LogP) is 3.84. The van der Waals surface area contributed by atoms with Crippen molar-refractivity contribution in [2.75, 3.05) is 0 Å². The van der Waals surface area contributed by atoms with Crippen LogP contribution in [-0.2, 0) is 0 Å². The van der Waals surface area contributed by atoms with Crippen molar-refractivity contribution in [2.45, 2.75) is 71.9 Å². The third-order valence-corrected chi connectivity index (χ3v) is 5.01. The van der Waals surface area contributed by atoms with Gasteiger partial charge < -0.3 is 5.32 Å². The molecule has 1 nitrogen and oxygen atoms in total. The lowest BCUT2D eigenvalue weighted by Crippen LogP contribution is -2.38. The maximum Gasteiger partial charge on any atom is 0.00668 e. The Morgan fingerprint density at radius 1 is 1.06 bits per heavy atom. The van der Waals surface area contributed by atoms with E-state index in [-0.39, 0.29) is 0 Å². The Morgan fingerprint density at radius 3 is 2.31 bits per heavy atom. The van der Waals surface area contributed by atoms with Gasteiger partial charge in [0, 0.05) is 12.1 Å². The van der Waals surface area contributed by atoms with Gasteiger partial charge in [-0.3, -0.25) is 0 Å². The molecule has 2 aliphatic rings. The van der Waals surface area contributed by atoms with Gasteiger partial charge in [0.15, 0.2) is 0 Å². The van der Waals surface area contributed by atoms with E-state index in [1.54, 1.807) is 12.8 Å². The van der Waals surface area contributed by atoms with E-state index in [9.17, 15) is 0 Å². The van der Waals surface area contributed by atoms with Crippen molar-refractivity contribution in [2.24, 2.45) is 23.7 Å². The molecule has 0 aromatic rings. The van der Waals surface area contributed by atoms with Gasteiger partial charge in [-0.15, -0.1) is 0 Å². The summed E-state index contributed by atoms with van der Waals surface area (Å²) in [6, 6.07) is 1.30. The first kappa shape index (κ1) is 12.4. The van der Waals surface area contributed by atoms with Gasteiger partial charge in [-0.05, 0) is 56.3 Å². The minimum absolute atomic E-state index is 0.623. The highest BCUT2D eigenvalue weighted by Crippen LogP contribution is 2.50. The SMILES string of the molecule is CC(C)NC(C)C(C)CC1CC2CCC1C2. The van der Waals surface area contributed by atoms with Crippen LogP contribution in [0.5, 0.6) is 0 Å². The minimum Gasteiger partial charge on any atom is -0.312 e. The molecule has 0 aliphatic heterocycles. The molecular weight excluding hydrogens is 194 g/mol. The molecule has 2 fully saturated rings. The molecule has 2 bridgehead atoms. The summed E-state index contributed by atoms with van der Waals surface area (Å²) in [4.78, 5) is 0. The molecule has 2 rings (SSSR count). The average molecular weight is 223 g/mol. The summed E-state index contributed by atoms with van der Waals surface area (Å²) in [5.41, 5.74) is 0. The number of hydrogen-bond acceptors (Lipinski definition) is 1. The first-order chi connectivity index (χ1) is 7.56. The van der Waals surface area contributed by atoms with Gasteiger partial charge in [0.25, 0.3) is 0 Å². The van der Waals surface area contributed by atoms with Crippen LogP contribution in [0.4, 0.5) is 0 Å². The molecule has 0 spiro atoms. The van der Waals surface area contributed by atoms with Gasteiger partial charge >= 0.3 is 0 Å². The quantitative estimate of drug-likeness (QED) is 0.747. The summed E-state index contributed by atoms with van der Waals surface area (Å²) in [6.45, 7) is 9.30. The molecule has 1 N–H and O–H groups in total. The minimum atomic E-state index is 0.623. The zero-order valence-corrected chi connectivity index (χ0v) is 11.5. The highest BCUT2D eigenvalue weighted by atomic mass is 14.9. The van der Waals surface area contributed by atoms with Crippen molar-refractivity contribution >= 4 is 0 Å². The molecule has 0 radical (unpaired) electrons. The number of nitrogens with one attached hydrogen (secondary N) is 1. The standard InChI is InChI=1S/C15H29N/c1-10(2)16-12(4)11(3)7-15-9-13-5-6-14(15)8-13/h10-16H,5-9H2,1-4H3. The smallest absolute Gasteiger partial charge is 0.00668 e. The third-order valence-electron chi connectivity index (χ3n) is 5.01. The molecule has 0 saturated heterocycles. The molecule has 0 aromatic heterocycles. The van der Waals surface area contributed by atoms with Crippen molar-refractivity contribution in [3.8, 4) is 0 Å². The van der Waals surface area contributed by atoms with Crippen molar-refractivity contribution in [3.05, 3.63) is 0 Å². The lowest BCUT2D eigenvalue weighted by atomic mass is 9.81. The van der Waals surface area contributed by atoms with Gasteiger partial charge in [0.2, 0.25) is 0 Å². The second-order valence-electron chi connectivity index (χ2n) is 6.76. The van der Waals surface area contributed by atoms with Crippen LogP contribution < -0.4 is 5.32 Å². The van der Waals surface area contributed by atoms with Crippen LogP contribution in [-0.4, -0.2) is 12.1 Å². The Hall–Kier alpha value is -0.0400. The van der Waals surface area contributed by atoms with E-state index < -0.39 is 0 Å². The molecule has 2 saturated carbocycles. The van der Waals surface area contributed by atoms with Gasteiger partial charge in [0.05, 0.1) is 0 Å². The molecule has 0 heterocycles. The maximum atomic E-state index is 3.66. The Kier molecular flexibility index (Phi) is 3.94. The molecule has 1 heteroatoms. The molecule has 94 valence electrons. The molecule has 16 heavy (non-hydrogen) atoms. The van der Waals surface area contributed by atoms with Crippen LogP contribution in [0.25, 0.3) is 0 Å². The predicted molar refractivity (Wildman–Crippen MR) is 70.5 cm³/mol. The fourth-order valence-corrected chi connectivity index (χ4v) is 4.04. The Bertz CT molecular complexity index is 223. The Balaban J connectivity index is 1.76. The Morgan fingerprint density at radius 2 is 1.81 bits per heavy atom. The van der Waals surface area contributed by atoms with Gasteiger partial charge in [-0.1, -0.05) is 27.2 Å². The maximum absolute atomic E-state index is 3.66. The van der Waals surface area contributed by atoms with E-state index in [0.717, 1.165) is 23.7 Å². The molecular formula is C15H29N. The highest BCUT2D eigenvalue weighted by molar-refractivity contribution is 4.91. The topological polar surface area (TPSA) is 12.0 Å². The van der Waals surface area contributed by atoms with Crippen molar-refractivity contribution in [1.29, 1.82) is 0 Å². The second kappa shape index (κ2) is 5.08. The highest BCUT2D eigenvalue weighted by Gasteiger charge is 2.39. The number of hydrogen-bond donors (Lipinski definition) is 1. The molecule has 0 aromatic carbocycles. The van der Waals surface area contributed by atoms with E-state index in [4.69, 9.17) is 0 Å². The summed E-state index contributed by atoms with van der Waals surface area (Å²) >= 11 is 0. The molecule has 2 aliphatic carbocycles. The third kappa shape index (κ3) is 2.80. The van der Waals surface area contributed by atoms with Crippen LogP contribution >= 0.6 is 0 Å². The van der Waals surface area contributed by atoms with Crippen LogP contribution in [0, 0.1) is 23.7 Å². The molecule has 5 atom stereocenters. The summed E-state index contributed by atoms with van der Waals surface area (Å²) in [5.74, 6) is 4.10. The lowest BCUT2D eigenvalue weighted by Gasteiger charge is -2.29. The van der Waals surface area contributed by atoms with Gasteiger partial charge in [-0.25, -0.2) is 0 Å². The first-order valence-corrected chi connectivity index (χ1v) is 7.32. The zero-order chi connectivity index (χ0) is 11.7. The van der Waals surface area contributed by atoms with Crippen LogP contribution in [0.3, 0.4) is 0 Å². The lowest BCUT2D eigenvalue weighted by molar-refractivity contribution is 0.242. The zero-order valence-electron chi connectivity index (χ0n) is 11.5. The first-order valence-electron chi connectivity index (χ1n) is 7.32. The van der Waals surface area contributed by atoms with E-state index in [1.165, 1.54) is 19.3 Å². The van der Waals surface area contributed by atoms with E-state index >= 15 is 0 Å². The summed E-state index contributed by atoms with van der Waals surface area (Å²) in [7, 11) is 0. The van der Waals surface area contributed by atoms with Crippen LogP contribution in [0.15, 0.2) is 0 Å². The average Bonchev–Trinajstić information content (AvgIpc) is 2.77. The number of fused-ring (bicyclic) bond motifs is 2. The van der Waals surface area contributed by atoms with Crippen LogP contribution in [0.2, 0.25) is 0 Å². The van der Waals surface area contributed by atoms with E-state index in [1.807, 2.05) is 0 Å². The van der Waals surface area contributed by atoms with Crippen molar-refractivity contribution < 1.29 is 0 Å². The van der Waals surface area contributed by atoms with Crippen molar-refractivity contribution in [1.82, 2.24) is 5.32 Å². The molecule has 0 amide bonds. The fraction of sp³-hybridized carbons (Fsp3) is 1.00.